The SMILES string of the molecule is C#CCN(C)Cc1ccoc1CNCCC. The highest BCUT2D eigenvalue weighted by atomic mass is 16.3. The van der Waals surface area contributed by atoms with Crippen molar-refractivity contribution in [2.45, 2.75) is 26.4 Å². The Morgan fingerprint density at radius 1 is 1.56 bits per heavy atom. The van der Waals surface area contributed by atoms with Crippen LogP contribution in [0.25, 0.3) is 0 Å². The first kappa shape index (κ1) is 12.8. The molecule has 0 unspecified atom stereocenters. The molecule has 0 saturated carbocycles. The van der Waals surface area contributed by atoms with Crippen LogP contribution in [0.15, 0.2) is 16.7 Å². The third-order valence-electron chi connectivity index (χ3n) is 2.35. The summed E-state index contributed by atoms with van der Waals surface area (Å²) in [7, 11) is 2.01. The highest BCUT2D eigenvalue weighted by molar-refractivity contribution is 5.17. The van der Waals surface area contributed by atoms with E-state index < -0.39 is 0 Å². The van der Waals surface area contributed by atoms with Gasteiger partial charge in [-0.1, -0.05) is 12.8 Å². The van der Waals surface area contributed by atoms with Gasteiger partial charge >= 0.3 is 0 Å². The second-order valence-corrected chi connectivity index (χ2v) is 3.92. The van der Waals surface area contributed by atoms with Gasteiger partial charge in [0.1, 0.15) is 5.76 Å². The Morgan fingerprint density at radius 3 is 3.06 bits per heavy atom. The van der Waals surface area contributed by atoms with Crippen molar-refractivity contribution in [3.05, 3.63) is 23.7 Å². The van der Waals surface area contributed by atoms with Gasteiger partial charge in [-0.05, 0) is 26.1 Å². The molecule has 0 aromatic carbocycles. The summed E-state index contributed by atoms with van der Waals surface area (Å²) >= 11 is 0. The molecule has 16 heavy (non-hydrogen) atoms. The van der Waals surface area contributed by atoms with E-state index in [4.69, 9.17) is 10.8 Å². The average Bonchev–Trinajstić information content (AvgIpc) is 2.66. The maximum atomic E-state index is 5.45. The van der Waals surface area contributed by atoms with E-state index in [1.165, 1.54) is 5.56 Å². The van der Waals surface area contributed by atoms with E-state index in [1.54, 1.807) is 6.26 Å². The van der Waals surface area contributed by atoms with Crippen LogP contribution in [0.2, 0.25) is 0 Å². The first-order chi connectivity index (χ1) is 7.77. The molecule has 1 aromatic rings. The van der Waals surface area contributed by atoms with Gasteiger partial charge in [0.15, 0.2) is 0 Å². The molecule has 0 aliphatic rings. The molecule has 0 spiro atoms. The van der Waals surface area contributed by atoms with Crippen LogP contribution < -0.4 is 5.32 Å². The summed E-state index contributed by atoms with van der Waals surface area (Å²) in [5.41, 5.74) is 1.21. The molecule has 0 saturated heterocycles. The molecule has 0 bridgehead atoms. The van der Waals surface area contributed by atoms with E-state index >= 15 is 0 Å². The summed E-state index contributed by atoms with van der Waals surface area (Å²) in [5.74, 6) is 3.64. The smallest absolute Gasteiger partial charge is 0.122 e. The molecule has 1 N–H and O–H groups in total. The number of nitrogens with zero attached hydrogens (tertiary/aromatic N) is 1. The highest BCUT2D eigenvalue weighted by Gasteiger charge is 2.07. The Balaban J connectivity index is 2.47. The second-order valence-electron chi connectivity index (χ2n) is 3.92. The number of nitrogens with one attached hydrogen (secondary N) is 1. The molecule has 88 valence electrons. The first-order valence-corrected chi connectivity index (χ1v) is 5.66. The summed E-state index contributed by atoms with van der Waals surface area (Å²) in [6.07, 6.45) is 8.14. The molecule has 1 heterocycles. The number of hydrogen-bond donors (Lipinski definition) is 1. The van der Waals surface area contributed by atoms with E-state index in [2.05, 4.69) is 23.1 Å². The number of furan rings is 1. The van der Waals surface area contributed by atoms with Crippen LogP contribution in [0, 0.1) is 12.3 Å². The fourth-order valence-electron chi connectivity index (χ4n) is 1.54. The van der Waals surface area contributed by atoms with Crippen molar-refractivity contribution in [1.82, 2.24) is 10.2 Å². The standard InChI is InChI=1S/C13H20N2O/c1-4-7-14-10-13-12(6-9-16-13)11-15(3)8-5-2/h2,6,9,14H,4,7-8,10-11H2,1,3H3. The zero-order valence-corrected chi connectivity index (χ0v) is 10.1. The van der Waals surface area contributed by atoms with Gasteiger partial charge < -0.3 is 9.73 Å². The number of hydrogen-bond acceptors (Lipinski definition) is 3. The van der Waals surface area contributed by atoms with Gasteiger partial charge in [-0.2, -0.15) is 0 Å². The molecule has 0 radical (unpaired) electrons. The fraction of sp³-hybridized carbons (Fsp3) is 0.538. The first-order valence-electron chi connectivity index (χ1n) is 5.66. The lowest BCUT2D eigenvalue weighted by Crippen LogP contribution is -2.20. The van der Waals surface area contributed by atoms with Crippen molar-refractivity contribution in [2.24, 2.45) is 0 Å². The predicted octanol–water partition coefficient (Wildman–Crippen LogP) is 1.84. The summed E-state index contributed by atoms with van der Waals surface area (Å²) in [6, 6.07) is 2.01. The van der Waals surface area contributed by atoms with E-state index in [0.29, 0.717) is 6.54 Å². The third-order valence-corrected chi connectivity index (χ3v) is 2.35. The van der Waals surface area contributed by atoms with Crippen LogP contribution in [-0.4, -0.2) is 25.0 Å². The van der Waals surface area contributed by atoms with E-state index in [0.717, 1.165) is 31.8 Å². The molecule has 0 amide bonds. The molecule has 1 aromatic heterocycles. The van der Waals surface area contributed by atoms with Gasteiger partial charge in [-0.25, -0.2) is 0 Å². The van der Waals surface area contributed by atoms with E-state index in [1.807, 2.05) is 13.1 Å². The van der Waals surface area contributed by atoms with Crippen molar-refractivity contribution in [1.29, 1.82) is 0 Å². The van der Waals surface area contributed by atoms with Crippen LogP contribution in [0.1, 0.15) is 24.7 Å². The van der Waals surface area contributed by atoms with Crippen molar-refractivity contribution >= 4 is 0 Å². The Hall–Kier alpha value is -1.24. The monoisotopic (exact) mass is 220 g/mol. The lowest BCUT2D eigenvalue weighted by atomic mass is 10.2. The van der Waals surface area contributed by atoms with Gasteiger partial charge in [0.2, 0.25) is 0 Å². The van der Waals surface area contributed by atoms with E-state index in [9.17, 15) is 0 Å². The second kappa shape index (κ2) is 7.10. The van der Waals surface area contributed by atoms with Gasteiger partial charge in [-0.15, -0.1) is 6.42 Å². The zero-order chi connectivity index (χ0) is 11.8. The minimum absolute atomic E-state index is 0.660. The molecule has 3 heteroatoms. The third kappa shape index (κ3) is 4.09. The van der Waals surface area contributed by atoms with Gasteiger partial charge in [0, 0.05) is 12.1 Å². The van der Waals surface area contributed by atoms with Crippen molar-refractivity contribution in [3.8, 4) is 12.3 Å². The molecule has 3 nitrogen and oxygen atoms in total. The van der Waals surface area contributed by atoms with Crippen LogP contribution in [0.4, 0.5) is 0 Å². The fourth-order valence-corrected chi connectivity index (χ4v) is 1.54. The topological polar surface area (TPSA) is 28.4 Å². The minimum Gasteiger partial charge on any atom is -0.468 e. The summed E-state index contributed by atoms with van der Waals surface area (Å²) in [6.45, 7) is 5.45. The highest BCUT2D eigenvalue weighted by Crippen LogP contribution is 2.12. The molecule has 0 aliphatic carbocycles. The zero-order valence-electron chi connectivity index (χ0n) is 10.1. The Labute approximate surface area is 97.8 Å². The number of terminal acetylenes is 1. The maximum Gasteiger partial charge on any atom is 0.122 e. The lowest BCUT2D eigenvalue weighted by molar-refractivity contribution is 0.362. The molecule has 1 rings (SSSR count). The largest absolute Gasteiger partial charge is 0.468 e. The van der Waals surface area contributed by atoms with Crippen molar-refractivity contribution < 1.29 is 4.42 Å². The normalized spacial score (nSPS) is 10.6. The molecule has 0 aliphatic heterocycles. The molecule has 0 atom stereocenters. The van der Waals surface area contributed by atoms with Crippen molar-refractivity contribution in [3.63, 3.8) is 0 Å². The average molecular weight is 220 g/mol. The van der Waals surface area contributed by atoms with Gasteiger partial charge in [0.05, 0.1) is 19.4 Å². The number of rotatable bonds is 7. The molecular formula is C13H20N2O. The van der Waals surface area contributed by atoms with Gasteiger partial charge in [-0.3, -0.25) is 4.90 Å². The Morgan fingerprint density at radius 2 is 2.38 bits per heavy atom. The quantitative estimate of drug-likeness (QED) is 0.561. The summed E-state index contributed by atoms with van der Waals surface area (Å²) in [5, 5.41) is 3.33. The van der Waals surface area contributed by atoms with Crippen LogP contribution in [0.3, 0.4) is 0 Å². The predicted molar refractivity (Wildman–Crippen MR) is 65.9 cm³/mol. The Bertz CT molecular complexity index is 338. The lowest BCUT2D eigenvalue weighted by Gasteiger charge is -2.13. The van der Waals surface area contributed by atoms with Crippen LogP contribution >= 0.6 is 0 Å². The minimum atomic E-state index is 0.660. The molecule has 0 fully saturated rings. The van der Waals surface area contributed by atoms with Gasteiger partial charge in [0.25, 0.3) is 0 Å². The Kier molecular flexibility index (Phi) is 5.69. The van der Waals surface area contributed by atoms with Crippen LogP contribution in [-0.2, 0) is 13.1 Å². The van der Waals surface area contributed by atoms with Crippen molar-refractivity contribution in [2.75, 3.05) is 20.1 Å². The molecular weight excluding hydrogens is 200 g/mol. The summed E-state index contributed by atoms with van der Waals surface area (Å²) in [4.78, 5) is 2.09. The summed E-state index contributed by atoms with van der Waals surface area (Å²) < 4.78 is 5.45. The van der Waals surface area contributed by atoms with E-state index in [-0.39, 0.29) is 0 Å². The van der Waals surface area contributed by atoms with Crippen LogP contribution in [0.5, 0.6) is 0 Å². The maximum absolute atomic E-state index is 5.45.